The van der Waals surface area contributed by atoms with Crippen LogP contribution in [-0.4, -0.2) is 69.2 Å². The first-order chi connectivity index (χ1) is 12.7. The summed E-state index contributed by atoms with van der Waals surface area (Å²) >= 11 is 0. The summed E-state index contributed by atoms with van der Waals surface area (Å²) in [4.78, 5) is 13.2. The van der Waals surface area contributed by atoms with Crippen LogP contribution in [0.4, 0.5) is 0 Å². The summed E-state index contributed by atoms with van der Waals surface area (Å²) < 4.78 is 5.72. The van der Waals surface area contributed by atoms with E-state index in [1.165, 1.54) is 11.1 Å². The molecule has 6 heteroatoms. The van der Waals surface area contributed by atoms with Crippen LogP contribution < -0.4 is 10.1 Å². The van der Waals surface area contributed by atoms with Crippen LogP contribution in [0.25, 0.3) is 0 Å². The van der Waals surface area contributed by atoms with Gasteiger partial charge in [-0.25, -0.2) is 0 Å². The lowest BCUT2D eigenvalue weighted by Crippen LogP contribution is -2.47. The number of ether oxygens (including phenoxy) is 1. The fraction of sp³-hybridized carbons (Fsp3) is 0.500. The average molecular weight is 355 g/mol. The normalized spacial score (nSPS) is 20.0. The van der Waals surface area contributed by atoms with E-state index >= 15 is 0 Å². The molecule has 0 amide bonds. The molecule has 0 bridgehead atoms. The zero-order valence-corrected chi connectivity index (χ0v) is 15.8. The molecule has 1 aromatic carbocycles. The second kappa shape index (κ2) is 8.96. The number of fused-ring (bicyclic) bond motifs is 1. The molecule has 2 aliphatic rings. The number of nitrogens with one attached hydrogen (secondary N) is 1. The van der Waals surface area contributed by atoms with Crippen molar-refractivity contribution in [3.63, 3.8) is 0 Å². The lowest BCUT2D eigenvalue weighted by Gasteiger charge is -2.37. The van der Waals surface area contributed by atoms with Gasteiger partial charge in [-0.05, 0) is 30.8 Å². The fourth-order valence-corrected chi connectivity index (χ4v) is 3.46. The van der Waals surface area contributed by atoms with E-state index in [-0.39, 0.29) is 0 Å². The predicted molar refractivity (Wildman–Crippen MR) is 107 cm³/mol. The third kappa shape index (κ3) is 4.51. The number of rotatable bonds is 7. The molecule has 0 spiro atoms. The lowest BCUT2D eigenvalue weighted by atomic mass is 10.0. The molecule has 1 atom stereocenters. The molecule has 0 radical (unpaired) electrons. The average Bonchev–Trinajstić information content (AvgIpc) is 3.15. The Morgan fingerprint density at radius 3 is 2.88 bits per heavy atom. The molecule has 1 saturated heterocycles. The van der Waals surface area contributed by atoms with Crippen molar-refractivity contribution in [3.05, 3.63) is 41.2 Å². The van der Waals surface area contributed by atoms with Crippen LogP contribution >= 0.6 is 0 Å². The minimum Gasteiger partial charge on any atom is -0.493 e. The highest BCUT2D eigenvalue weighted by atomic mass is 16.5. The maximum Gasteiger partial charge on any atom is 0.122 e. The summed E-state index contributed by atoms with van der Waals surface area (Å²) in [6.07, 6.45) is 4.52. The number of hydrogen-bond donors (Lipinski definition) is 1. The van der Waals surface area contributed by atoms with Crippen molar-refractivity contribution in [2.45, 2.75) is 19.4 Å². The Morgan fingerprint density at radius 1 is 1.35 bits per heavy atom. The van der Waals surface area contributed by atoms with E-state index < -0.39 is 0 Å². The van der Waals surface area contributed by atoms with E-state index in [1.807, 2.05) is 13.3 Å². The van der Waals surface area contributed by atoms with Gasteiger partial charge in [-0.2, -0.15) is 0 Å². The van der Waals surface area contributed by atoms with Crippen LogP contribution in [0.15, 0.2) is 40.1 Å². The molecule has 0 aromatic heterocycles. The van der Waals surface area contributed by atoms with E-state index in [2.05, 4.69) is 56.9 Å². The standard InChI is InChI=1S/C20H29N5O/c1-16(18-5-4-17-6-11-26-20(17)12-18)25-9-7-24(8-10-25)15-23-14-19(22-3)13-21-2/h4-5,12-14,16,22H,2,6-11,15H2,1,3H3/b19-13+,23-14-. The minimum absolute atomic E-state index is 0.410. The maximum atomic E-state index is 5.72. The Hall–Kier alpha value is -2.18. The van der Waals surface area contributed by atoms with Gasteiger partial charge in [0, 0.05) is 51.9 Å². The highest BCUT2D eigenvalue weighted by molar-refractivity contribution is 5.77. The number of benzene rings is 1. The smallest absolute Gasteiger partial charge is 0.122 e. The SMILES string of the molecule is C=N/C=C(\C=N/CN1CCN(C(C)c2ccc3c(c2)OCC3)CC1)NC. The van der Waals surface area contributed by atoms with Gasteiger partial charge in [0.25, 0.3) is 0 Å². The first-order valence-electron chi connectivity index (χ1n) is 9.27. The first-order valence-corrected chi connectivity index (χ1v) is 9.27. The molecule has 6 nitrogen and oxygen atoms in total. The van der Waals surface area contributed by atoms with Crippen molar-refractivity contribution >= 4 is 12.9 Å². The fourth-order valence-electron chi connectivity index (χ4n) is 3.46. The van der Waals surface area contributed by atoms with Gasteiger partial charge in [-0.15, -0.1) is 0 Å². The zero-order chi connectivity index (χ0) is 18.4. The van der Waals surface area contributed by atoms with E-state index in [0.717, 1.165) is 50.7 Å². The molecule has 3 rings (SSSR count). The molecule has 1 N–H and O–H groups in total. The van der Waals surface area contributed by atoms with Crippen molar-refractivity contribution in [2.24, 2.45) is 9.98 Å². The molecular weight excluding hydrogens is 326 g/mol. The molecule has 0 aliphatic carbocycles. The minimum atomic E-state index is 0.410. The van der Waals surface area contributed by atoms with Crippen LogP contribution in [0.5, 0.6) is 5.75 Å². The van der Waals surface area contributed by atoms with Gasteiger partial charge in [-0.1, -0.05) is 12.1 Å². The monoisotopic (exact) mass is 355 g/mol. The molecule has 1 aromatic rings. The molecule has 0 saturated carbocycles. The van der Waals surface area contributed by atoms with Gasteiger partial charge in [-0.3, -0.25) is 19.8 Å². The molecular formula is C20H29N5O. The van der Waals surface area contributed by atoms with Crippen molar-refractivity contribution < 1.29 is 4.74 Å². The van der Waals surface area contributed by atoms with Crippen molar-refractivity contribution in [3.8, 4) is 5.75 Å². The number of nitrogens with zero attached hydrogens (tertiary/aromatic N) is 4. The predicted octanol–water partition coefficient (Wildman–Crippen LogP) is 2.09. The van der Waals surface area contributed by atoms with Gasteiger partial charge in [0.05, 0.1) is 25.2 Å². The highest BCUT2D eigenvalue weighted by Gasteiger charge is 2.23. The van der Waals surface area contributed by atoms with Crippen molar-refractivity contribution in [1.82, 2.24) is 15.1 Å². The summed E-state index contributed by atoms with van der Waals surface area (Å²) in [5, 5.41) is 3.04. The van der Waals surface area contributed by atoms with Gasteiger partial charge in [0.1, 0.15) is 5.75 Å². The van der Waals surface area contributed by atoms with Crippen LogP contribution in [0.3, 0.4) is 0 Å². The Kier molecular flexibility index (Phi) is 6.41. The Morgan fingerprint density at radius 2 is 2.15 bits per heavy atom. The van der Waals surface area contributed by atoms with Crippen LogP contribution in [0.1, 0.15) is 24.1 Å². The highest BCUT2D eigenvalue weighted by Crippen LogP contribution is 2.30. The molecule has 140 valence electrons. The van der Waals surface area contributed by atoms with Crippen LogP contribution in [-0.2, 0) is 6.42 Å². The van der Waals surface area contributed by atoms with Gasteiger partial charge < -0.3 is 10.1 Å². The summed E-state index contributed by atoms with van der Waals surface area (Å²) in [6, 6.07) is 7.12. The van der Waals surface area contributed by atoms with Crippen molar-refractivity contribution in [2.75, 3.05) is 46.5 Å². The Balaban J connectivity index is 1.49. The molecule has 1 unspecified atom stereocenters. The number of piperazine rings is 1. The number of aliphatic imine (C=N–C) groups is 2. The lowest BCUT2D eigenvalue weighted by molar-refractivity contribution is 0.104. The van der Waals surface area contributed by atoms with E-state index in [0.29, 0.717) is 12.7 Å². The quantitative estimate of drug-likeness (QED) is 0.761. The second-order valence-corrected chi connectivity index (χ2v) is 6.77. The molecule has 2 aliphatic heterocycles. The first kappa shape index (κ1) is 18.6. The summed E-state index contributed by atoms with van der Waals surface area (Å²) in [7, 11) is 1.85. The Labute approximate surface area is 156 Å². The molecule has 26 heavy (non-hydrogen) atoms. The van der Waals surface area contributed by atoms with E-state index in [4.69, 9.17) is 4.74 Å². The summed E-state index contributed by atoms with van der Waals surface area (Å²) in [6.45, 7) is 11.4. The van der Waals surface area contributed by atoms with Crippen molar-refractivity contribution in [1.29, 1.82) is 0 Å². The third-order valence-electron chi connectivity index (χ3n) is 5.19. The maximum absolute atomic E-state index is 5.72. The zero-order valence-electron chi connectivity index (χ0n) is 15.8. The second-order valence-electron chi connectivity index (χ2n) is 6.77. The molecule has 1 fully saturated rings. The van der Waals surface area contributed by atoms with E-state index in [1.54, 1.807) is 6.20 Å². The largest absolute Gasteiger partial charge is 0.493 e. The number of allylic oxidation sites excluding steroid dienone is 1. The third-order valence-corrected chi connectivity index (χ3v) is 5.19. The van der Waals surface area contributed by atoms with Gasteiger partial charge in [0.2, 0.25) is 0 Å². The number of hydrogen-bond acceptors (Lipinski definition) is 6. The topological polar surface area (TPSA) is 52.5 Å². The van der Waals surface area contributed by atoms with Crippen LogP contribution in [0.2, 0.25) is 0 Å². The Bertz CT molecular complexity index is 677. The van der Waals surface area contributed by atoms with Gasteiger partial charge in [0.15, 0.2) is 0 Å². The van der Waals surface area contributed by atoms with E-state index in [9.17, 15) is 0 Å². The molecule has 2 heterocycles. The summed E-state index contributed by atoms with van der Waals surface area (Å²) in [5.41, 5.74) is 3.55. The van der Waals surface area contributed by atoms with Gasteiger partial charge >= 0.3 is 0 Å². The summed E-state index contributed by atoms with van der Waals surface area (Å²) in [5.74, 6) is 1.07. The van der Waals surface area contributed by atoms with Crippen LogP contribution in [0, 0.1) is 0 Å².